The lowest BCUT2D eigenvalue weighted by Crippen LogP contribution is -2.19. The van der Waals surface area contributed by atoms with Crippen LogP contribution in [-0.4, -0.2) is 18.1 Å². The number of Topliss-reactive ketones (excluding diaryl/α,β-unsaturated/α-hetero) is 1. The van der Waals surface area contributed by atoms with Crippen LogP contribution < -0.4 is 0 Å². The zero-order valence-corrected chi connectivity index (χ0v) is 10.1. The largest absolute Gasteiger partial charge is 0.300 e. The number of carbonyl (C=O) groups is 2. The van der Waals surface area contributed by atoms with Crippen LogP contribution >= 0.6 is 0 Å². The molecule has 19 heavy (non-hydrogen) atoms. The molecule has 2 rings (SSSR count). The van der Waals surface area contributed by atoms with Crippen LogP contribution in [0.2, 0.25) is 0 Å². The summed E-state index contributed by atoms with van der Waals surface area (Å²) in [7, 11) is 0. The van der Waals surface area contributed by atoms with Gasteiger partial charge in [-0.2, -0.15) is 10.2 Å². The lowest BCUT2D eigenvalue weighted by molar-refractivity contribution is -0.108. The summed E-state index contributed by atoms with van der Waals surface area (Å²) < 4.78 is 0. The molecule has 94 valence electrons. The molecular formula is C15H12N2O2. The molecule has 0 aliphatic heterocycles. The molecule has 0 bridgehead atoms. The monoisotopic (exact) mass is 252 g/mol. The Morgan fingerprint density at radius 1 is 0.947 bits per heavy atom. The first-order valence-electron chi connectivity index (χ1n) is 5.82. The first kappa shape index (κ1) is 12.8. The van der Waals surface area contributed by atoms with E-state index in [2.05, 4.69) is 10.2 Å². The van der Waals surface area contributed by atoms with Crippen LogP contribution in [0.25, 0.3) is 0 Å². The van der Waals surface area contributed by atoms with Gasteiger partial charge in [0.15, 0.2) is 18.1 Å². The Labute approximate surface area is 110 Å². The molecule has 1 unspecified atom stereocenters. The van der Waals surface area contributed by atoms with Crippen molar-refractivity contribution in [3.63, 3.8) is 0 Å². The van der Waals surface area contributed by atoms with Crippen molar-refractivity contribution in [3.05, 3.63) is 66.2 Å². The van der Waals surface area contributed by atoms with E-state index >= 15 is 0 Å². The molecule has 0 aromatic heterocycles. The minimum atomic E-state index is -1.09. The Hall–Kier alpha value is -2.62. The molecule has 0 aliphatic rings. The summed E-state index contributed by atoms with van der Waals surface area (Å²) in [6.45, 7) is 0. The molecule has 4 nitrogen and oxygen atoms in total. The van der Waals surface area contributed by atoms with Gasteiger partial charge in [0, 0.05) is 5.56 Å². The van der Waals surface area contributed by atoms with Crippen molar-refractivity contribution >= 4 is 17.8 Å². The van der Waals surface area contributed by atoms with Crippen molar-refractivity contribution in [2.75, 3.05) is 0 Å². The highest BCUT2D eigenvalue weighted by molar-refractivity contribution is 6.08. The van der Waals surface area contributed by atoms with E-state index in [1.807, 2.05) is 18.2 Å². The zero-order valence-electron chi connectivity index (χ0n) is 10.1. The first-order chi connectivity index (χ1) is 9.31. The van der Waals surface area contributed by atoms with E-state index in [0.717, 1.165) is 0 Å². The highest BCUT2D eigenvalue weighted by Gasteiger charge is 2.18. The Bertz CT molecular complexity index is 580. The normalized spacial score (nSPS) is 12.2. The first-order valence-corrected chi connectivity index (χ1v) is 5.82. The van der Waals surface area contributed by atoms with Gasteiger partial charge in [0.1, 0.15) is 0 Å². The second kappa shape index (κ2) is 6.35. The molecule has 0 spiro atoms. The highest BCUT2D eigenvalue weighted by atomic mass is 16.1. The molecule has 4 heteroatoms. The summed E-state index contributed by atoms with van der Waals surface area (Å²) in [5.41, 5.74) is 1.06. The van der Waals surface area contributed by atoms with Crippen LogP contribution in [0.4, 0.5) is 5.69 Å². The standard InChI is InChI=1S/C15H12N2O2/c18-11-14(15(19)12-7-3-1-4-8-12)17-16-13-9-5-2-6-10-13/h1-11,14H. The van der Waals surface area contributed by atoms with Gasteiger partial charge in [-0.3, -0.25) is 4.79 Å². The van der Waals surface area contributed by atoms with E-state index in [9.17, 15) is 9.59 Å². The molecule has 0 saturated heterocycles. The second-order valence-corrected chi connectivity index (χ2v) is 3.86. The fraction of sp³-hybridized carbons (Fsp3) is 0.0667. The van der Waals surface area contributed by atoms with Crippen molar-refractivity contribution in [1.29, 1.82) is 0 Å². The van der Waals surface area contributed by atoms with E-state index < -0.39 is 6.04 Å². The summed E-state index contributed by atoms with van der Waals surface area (Å²) >= 11 is 0. The van der Waals surface area contributed by atoms with Crippen molar-refractivity contribution in [2.45, 2.75) is 6.04 Å². The van der Waals surface area contributed by atoms with Crippen LogP contribution in [0.3, 0.4) is 0 Å². The van der Waals surface area contributed by atoms with Crippen LogP contribution in [0, 0.1) is 0 Å². The van der Waals surface area contributed by atoms with Crippen LogP contribution in [0.15, 0.2) is 70.9 Å². The van der Waals surface area contributed by atoms with E-state index in [-0.39, 0.29) is 5.78 Å². The summed E-state index contributed by atoms with van der Waals surface area (Å²) in [4.78, 5) is 23.0. The molecule has 0 N–H and O–H groups in total. The average molecular weight is 252 g/mol. The third kappa shape index (κ3) is 3.42. The number of aldehydes is 1. The van der Waals surface area contributed by atoms with Gasteiger partial charge in [0.25, 0.3) is 0 Å². The van der Waals surface area contributed by atoms with Gasteiger partial charge >= 0.3 is 0 Å². The smallest absolute Gasteiger partial charge is 0.196 e. The van der Waals surface area contributed by atoms with Crippen LogP contribution in [0.1, 0.15) is 10.4 Å². The molecule has 0 amide bonds. The summed E-state index contributed by atoms with van der Waals surface area (Å²) in [5.74, 6) is -0.352. The van der Waals surface area contributed by atoms with Gasteiger partial charge in [-0.25, -0.2) is 0 Å². The molecule has 0 fully saturated rings. The number of hydrogen-bond donors (Lipinski definition) is 0. The lowest BCUT2D eigenvalue weighted by Gasteiger charge is -2.02. The SMILES string of the molecule is O=CC(N=Nc1ccccc1)C(=O)c1ccccc1. The van der Waals surface area contributed by atoms with Gasteiger partial charge in [-0.1, -0.05) is 48.5 Å². The Morgan fingerprint density at radius 2 is 1.53 bits per heavy atom. The predicted octanol–water partition coefficient (Wildman–Crippen LogP) is 3.22. The number of ketones is 1. The minimum absolute atomic E-state index is 0.352. The number of azo groups is 1. The maximum absolute atomic E-state index is 12.0. The molecule has 1 atom stereocenters. The van der Waals surface area contributed by atoms with E-state index in [4.69, 9.17) is 0 Å². The summed E-state index contributed by atoms with van der Waals surface area (Å²) in [5, 5.41) is 7.69. The highest BCUT2D eigenvalue weighted by Crippen LogP contribution is 2.12. The fourth-order valence-corrected chi connectivity index (χ4v) is 1.54. The van der Waals surface area contributed by atoms with E-state index in [0.29, 0.717) is 17.5 Å². The number of benzene rings is 2. The average Bonchev–Trinajstić information content (AvgIpc) is 2.49. The van der Waals surface area contributed by atoms with Crippen molar-refractivity contribution in [3.8, 4) is 0 Å². The van der Waals surface area contributed by atoms with Crippen molar-refractivity contribution in [2.24, 2.45) is 10.2 Å². The third-order valence-electron chi connectivity index (χ3n) is 2.51. The molecule has 0 aliphatic carbocycles. The molecule has 0 heterocycles. The molecule has 0 radical (unpaired) electrons. The van der Waals surface area contributed by atoms with Gasteiger partial charge in [0.05, 0.1) is 5.69 Å². The van der Waals surface area contributed by atoms with Crippen molar-refractivity contribution < 1.29 is 9.59 Å². The predicted molar refractivity (Wildman–Crippen MR) is 71.6 cm³/mol. The minimum Gasteiger partial charge on any atom is -0.300 e. The zero-order chi connectivity index (χ0) is 13.5. The second-order valence-electron chi connectivity index (χ2n) is 3.86. The van der Waals surface area contributed by atoms with Gasteiger partial charge in [0.2, 0.25) is 0 Å². The van der Waals surface area contributed by atoms with E-state index in [1.54, 1.807) is 42.5 Å². The van der Waals surface area contributed by atoms with E-state index in [1.165, 1.54) is 0 Å². The number of nitrogens with zero attached hydrogens (tertiary/aromatic N) is 2. The maximum atomic E-state index is 12.0. The Morgan fingerprint density at radius 3 is 2.11 bits per heavy atom. The maximum Gasteiger partial charge on any atom is 0.196 e. The van der Waals surface area contributed by atoms with Crippen molar-refractivity contribution in [1.82, 2.24) is 0 Å². The quantitative estimate of drug-likeness (QED) is 0.355. The topological polar surface area (TPSA) is 58.9 Å². The molecular weight excluding hydrogens is 240 g/mol. The van der Waals surface area contributed by atoms with Gasteiger partial charge < -0.3 is 4.79 Å². The number of hydrogen-bond acceptors (Lipinski definition) is 4. The molecule has 2 aromatic carbocycles. The van der Waals surface area contributed by atoms with Crippen LogP contribution in [-0.2, 0) is 4.79 Å². The summed E-state index contributed by atoms with van der Waals surface area (Å²) in [6, 6.07) is 16.5. The third-order valence-corrected chi connectivity index (χ3v) is 2.51. The van der Waals surface area contributed by atoms with Crippen LogP contribution in [0.5, 0.6) is 0 Å². The fourth-order valence-electron chi connectivity index (χ4n) is 1.54. The Kier molecular flexibility index (Phi) is 4.29. The molecule has 0 saturated carbocycles. The lowest BCUT2D eigenvalue weighted by atomic mass is 10.1. The van der Waals surface area contributed by atoms with Gasteiger partial charge in [-0.05, 0) is 12.1 Å². The number of rotatable bonds is 5. The Balaban J connectivity index is 2.15. The summed E-state index contributed by atoms with van der Waals surface area (Å²) in [6.07, 6.45) is 0.502. The molecule has 2 aromatic rings. The number of carbonyl (C=O) groups excluding carboxylic acids is 2. The van der Waals surface area contributed by atoms with Gasteiger partial charge in [-0.15, -0.1) is 0 Å².